The lowest BCUT2D eigenvalue weighted by Gasteiger charge is -2.32. The van der Waals surface area contributed by atoms with Crippen molar-refractivity contribution in [3.8, 4) is 0 Å². The number of nitrogens with zero attached hydrogens (tertiary/aromatic N) is 1. The fraction of sp³-hybridized carbons (Fsp3) is 0.867. The third-order valence-electron chi connectivity index (χ3n) is 4.54. The monoisotopic (exact) mass is 282 g/mol. The van der Waals surface area contributed by atoms with Crippen molar-refractivity contribution in [3.63, 3.8) is 0 Å². The summed E-state index contributed by atoms with van der Waals surface area (Å²) >= 11 is 0. The number of urea groups is 1. The van der Waals surface area contributed by atoms with Crippen molar-refractivity contribution in [2.45, 2.75) is 63.8 Å². The van der Waals surface area contributed by atoms with Crippen molar-refractivity contribution in [1.29, 1.82) is 0 Å². The van der Waals surface area contributed by atoms with Gasteiger partial charge in [-0.1, -0.05) is 32.1 Å². The topological polar surface area (TPSA) is 69.6 Å². The quantitative estimate of drug-likeness (QED) is 0.818. The van der Waals surface area contributed by atoms with E-state index >= 15 is 0 Å². The van der Waals surface area contributed by atoms with Crippen LogP contribution in [0.1, 0.15) is 57.8 Å². The van der Waals surface area contributed by atoms with Gasteiger partial charge in [0.05, 0.1) is 5.92 Å². The zero-order chi connectivity index (χ0) is 14.4. The summed E-state index contributed by atoms with van der Waals surface area (Å²) < 4.78 is 0. The van der Waals surface area contributed by atoms with Gasteiger partial charge >= 0.3 is 12.0 Å². The van der Waals surface area contributed by atoms with Gasteiger partial charge in [-0.2, -0.15) is 0 Å². The van der Waals surface area contributed by atoms with Crippen LogP contribution in [0, 0.1) is 5.92 Å². The highest BCUT2D eigenvalue weighted by Crippen LogP contribution is 2.25. The van der Waals surface area contributed by atoms with Crippen LogP contribution in [0.5, 0.6) is 0 Å². The molecular formula is C15H26N2O3. The molecule has 114 valence electrons. The lowest BCUT2D eigenvalue weighted by atomic mass is 9.84. The largest absolute Gasteiger partial charge is 0.481 e. The van der Waals surface area contributed by atoms with E-state index in [1.54, 1.807) is 0 Å². The summed E-state index contributed by atoms with van der Waals surface area (Å²) in [4.78, 5) is 25.4. The minimum Gasteiger partial charge on any atom is -0.481 e. The van der Waals surface area contributed by atoms with Crippen LogP contribution in [-0.2, 0) is 4.79 Å². The number of nitrogens with one attached hydrogen (secondary N) is 1. The molecule has 1 heterocycles. The minimum absolute atomic E-state index is 0.0648. The Hall–Kier alpha value is -1.26. The maximum Gasteiger partial charge on any atom is 0.317 e. The van der Waals surface area contributed by atoms with E-state index < -0.39 is 11.9 Å². The second-order valence-corrected chi connectivity index (χ2v) is 6.04. The van der Waals surface area contributed by atoms with Crippen molar-refractivity contribution in [3.05, 3.63) is 0 Å². The van der Waals surface area contributed by atoms with Gasteiger partial charge < -0.3 is 15.3 Å². The zero-order valence-corrected chi connectivity index (χ0v) is 12.1. The second-order valence-electron chi connectivity index (χ2n) is 6.04. The number of carboxylic acids is 1. The molecule has 0 aromatic carbocycles. The molecule has 2 aliphatic rings. The Morgan fingerprint density at radius 2 is 1.50 bits per heavy atom. The van der Waals surface area contributed by atoms with Gasteiger partial charge in [0.2, 0.25) is 0 Å². The molecular weight excluding hydrogens is 256 g/mol. The Morgan fingerprint density at radius 3 is 2.15 bits per heavy atom. The third kappa shape index (κ3) is 4.12. The number of likely N-dealkylation sites (tertiary alicyclic amines) is 1. The lowest BCUT2D eigenvalue weighted by molar-refractivity contribution is -0.143. The summed E-state index contributed by atoms with van der Waals surface area (Å²) in [5, 5.41) is 12.2. The number of carboxylic acid groups (broad SMARTS) is 1. The van der Waals surface area contributed by atoms with Crippen LogP contribution in [-0.4, -0.2) is 41.1 Å². The van der Waals surface area contributed by atoms with Gasteiger partial charge in [-0.15, -0.1) is 0 Å². The average Bonchev–Trinajstić information content (AvgIpc) is 2.38. The van der Waals surface area contributed by atoms with Crippen LogP contribution in [0.4, 0.5) is 4.79 Å². The Morgan fingerprint density at radius 1 is 0.900 bits per heavy atom. The minimum atomic E-state index is -0.775. The first-order valence-corrected chi connectivity index (χ1v) is 7.97. The summed E-state index contributed by atoms with van der Waals surface area (Å²) in [5.41, 5.74) is 0. The van der Waals surface area contributed by atoms with E-state index in [-0.39, 0.29) is 12.1 Å². The first-order chi connectivity index (χ1) is 9.68. The van der Waals surface area contributed by atoms with Gasteiger partial charge in [0.25, 0.3) is 0 Å². The maximum absolute atomic E-state index is 12.3. The van der Waals surface area contributed by atoms with Crippen LogP contribution >= 0.6 is 0 Å². The van der Waals surface area contributed by atoms with Gasteiger partial charge in [0.15, 0.2) is 0 Å². The van der Waals surface area contributed by atoms with Crippen molar-refractivity contribution in [2.24, 2.45) is 5.92 Å². The second kappa shape index (κ2) is 7.50. The van der Waals surface area contributed by atoms with E-state index in [1.165, 1.54) is 19.3 Å². The molecule has 20 heavy (non-hydrogen) atoms. The third-order valence-corrected chi connectivity index (χ3v) is 4.54. The van der Waals surface area contributed by atoms with E-state index in [1.807, 2.05) is 4.90 Å². The smallest absolute Gasteiger partial charge is 0.317 e. The molecule has 1 aliphatic carbocycles. The Balaban J connectivity index is 1.89. The van der Waals surface area contributed by atoms with Crippen LogP contribution in [0.15, 0.2) is 0 Å². The fourth-order valence-corrected chi connectivity index (χ4v) is 3.30. The summed E-state index contributed by atoms with van der Waals surface area (Å²) in [6.45, 7) is 1.60. The van der Waals surface area contributed by atoms with Crippen LogP contribution < -0.4 is 5.32 Å². The standard InChI is InChI=1S/C15H26N2O3/c18-14(19)12-8-4-5-9-13(12)16-15(20)17-10-6-2-1-3-7-11-17/h12-13H,1-11H2,(H,16,20)(H,18,19). The van der Waals surface area contributed by atoms with Crippen molar-refractivity contribution < 1.29 is 14.7 Å². The molecule has 1 saturated heterocycles. The van der Waals surface area contributed by atoms with Crippen molar-refractivity contribution >= 4 is 12.0 Å². The van der Waals surface area contributed by atoms with Crippen LogP contribution in [0.25, 0.3) is 0 Å². The molecule has 0 bridgehead atoms. The number of hydrogen-bond donors (Lipinski definition) is 2. The molecule has 1 saturated carbocycles. The van der Waals surface area contributed by atoms with Gasteiger partial charge in [0, 0.05) is 19.1 Å². The molecule has 0 aromatic heterocycles. The summed E-state index contributed by atoms with van der Waals surface area (Å²) in [6.07, 6.45) is 9.18. The molecule has 5 heteroatoms. The number of rotatable bonds is 2. The lowest BCUT2D eigenvalue weighted by Crippen LogP contribution is -2.50. The highest BCUT2D eigenvalue weighted by molar-refractivity contribution is 5.77. The van der Waals surface area contributed by atoms with Crippen LogP contribution in [0.3, 0.4) is 0 Å². The fourth-order valence-electron chi connectivity index (χ4n) is 3.30. The molecule has 1 aliphatic heterocycles. The first kappa shape index (κ1) is 15.1. The molecule has 2 fully saturated rings. The van der Waals surface area contributed by atoms with Gasteiger partial charge in [-0.05, 0) is 25.7 Å². The predicted molar refractivity (Wildman–Crippen MR) is 76.6 cm³/mol. The van der Waals surface area contributed by atoms with E-state index in [0.717, 1.165) is 45.2 Å². The Bertz CT molecular complexity index is 338. The van der Waals surface area contributed by atoms with E-state index in [2.05, 4.69) is 5.32 Å². The van der Waals surface area contributed by atoms with E-state index in [4.69, 9.17) is 0 Å². The van der Waals surface area contributed by atoms with Crippen molar-refractivity contribution in [1.82, 2.24) is 10.2 Å². The molecule has 2 amide bonds. The summed E-state index contributed by atoms with van der Waals surface area (Å²) in [7, 11) is 0. The molecule has 2 unspecified atom stereocenters. The van der Waals surface area contributed by atoms with Gasteiger partial charge in [-0.25, -0.2) is 4.79 Å². The molecule has 5 nitrogen and oxygen atoms in total. The van der Waals surface area contributed by atoms with Crippen molar-refractivity contribution in [2.75, 3.05) is 13.1 Å². The van der Waals surface area contributed by atoms with Crippen LogP contribution in [0.2, 0.25) is 0 Å². The predicted octanol–water partition coefficient (Wildman–Crippen LogP) is 2.61. The molecule has 0 radical (unpaired) electrons. The Labute approximate surface area is 120 Å². The average molecular weight is 282 g/mol. The highest BCUT2D eigenvalue weighted by atomic mass is 16.4. The Kier molecular flexibility index (Phi) is 5.68. The molecule has 0 spiro atoms. The normalized spacial score (nSPS) is 28.3. The highest BCUT2D eigenvalue weighted by Gasteiger charge is 2.32. The zero-order valence-electron chi connectivity index (χ0n) is 12.1. The summed E-state index contributed by atoms with van der Waals surface area (Å²) in [5.74, 6) is -1.19. The molecule has 2 rings (SSSR count). The molecule has 2 N–H and O–H groups in total. The first-order valence-electron chi connectivity index (χ1n) is 7.97. The number of aliphatic carboxylic acids is 1. The number of carbonyl (C=O) groups excluding carboxylic acids is 1. The maximum atomic E-state index is 12.3. The van der Waals surface area contributed by atoms with Gasteiger partial charge in [0.1, 0.15) is 0 Å². The van der Waals surface area contributed by atoms with E-state index in [9.17, 15) is 14.7 Å². The van der Waals surface area contributed by atoms with Gasteiger partial charge in [-0.3, -0.25) is 4.79 Å². The molecule has 2 atom stereocenters. The number of amides is 2. The number of hydrogen-bond acceptors (Lipinski definition) is 2. The molecule has 0 aromatic rings. The summed E-state index contributed by atoms with van der Waals surface area (Å²) in [6, 6.07) is -0.260. The number of carbonyl (C=O) groups is 2. The SMILES string of the molecule is O=C(O)C1CCCCC1NC(=O)N1CCCCCCC1. The van der Waals surface area contributed by atoms with E-state index in [0.29, 0.717) is 6.42 Å².